The molecule has 26 heavy (non-hydrogen) atoms. The molecule has 0 heterocycles. The molecule has 2 N–H and O–H groups in total. The van der Waals surface area contributed by atoms with Crippen LogP contribution in [-0.4, -0.2) is 11.8 Å². The van der Waals surface area contributed by atoms with Gasteiger partial charge in [0.25, 0.3) is 0 Å². The topological polar surface area (TPSA) is 58.2 Å². The fourth-order valence-electron chi connectivity index (χ4n) is 3.06. The van der Waals surface area contributed by atoms with E-state index in [9.17, 15) is 14.0 Å². The number of carbonyl (C=O) groups is 2. The molecule has 4 nitrogen and oxygen atoms in total. The molecule has 1 aliphatic carbocycles. The SMILES string of the molecule is CC(C)CC(=O)Nc1ccc(NC(=O)C2CC2c2ccccc2F)cc1. The number of nitrogens with one attached hydrogen (secondary N) is 2. The van der Waals surface area contributed by atoms with Crippen molar-refractivity contribution in [2.75, 3.05) is 10.6 Å². The minimum atomic E-state index is -0.255. The highest BCUT2D eigenvalue weighted by atomic mass is 19.1. The van der Waals surface area contributed by atoms with E-state index in [0.717, 1.165) is 0 Å². The van der Waals surface area contributed by atoms with Crippen molar-refractivity contribution in [2.24, 2.45) is 11.8 Å². The van der Waals surface area contributed by atoms with Crippen LogP contribution in [0.1, 0.15) is 38.2 Å². The van der Waals surface area contributed by atoms with E-state index in [1.54, 1.807) is 42.5 Å². The summed E-state index contributed by atoms with van der Waals surface area (Å²) in [6, 6.07) is 13.6. The fraction of sp³-hybridized carbons (Fsp3) is 0.333. The van der Waals surface area contributed by atoms with Crippen LogP contribution in [0, 0.1) is 17.7 Å². The van der Waals surface area contributed by atoms with E-state index in [-0.39, 0.29) is 29.5 Å². The van der Waals surface area contributed by atoms with Crippen molar-refractivity contribution in [3.8, 4) is 0 Å². The van der Waals surface area contributed by atoms with Gasteiger partial charge in [-0.15, -0.1) is 0 Å². The van der Waals surface area contributed by atoms with E-state index >= 15 is 0 Å². The number of hydrogen-bond acceptors (Lipinski definition) is 2. The quantitative estimate of drug-likeness (QED) is 0.799. The van der Waals surface area contributed by atoms with E-state index in [2.05, 4.69) is 10.6 Å². The number of halogens is 1. The molecular formula is C21H23FN2O2. The number of benzene rings is 2. The average Bonchev–Trinajstić information content (AvgIpc) is 3.37. The predicted octanol–water partition coefficient (Wildman–Crippen LogP) is 4.55. The zero-order valence-corrected chi connectivity index (χ0v) is 15.0. The Morgan fingerprint density at radius 1 is 1.04 bits per heavy atom. The van der Waals surface area contributed by atoms with E-state index in [1.165, 1.54) is 6.07 Å². The Morgan fingerprint density at radius 3 is 2.27 bits per heavy atom. The summed E-state index contributed by atoms with van der Waals surface area (Å²) in [4.78, 5) is 24.1. The van der Waals surface area contributed by atoms with Crippen LogP contribution in [0.4, 0.5) is 15.8 Å². The van der Waals surface area contributed by atoms with Crippen LogP contribution in [0.25, 0.3) is 0 Å². The molecular weight excluding hydrogens is 331 g/mol. The Balaban J connectivity index is 1.54. The van der Waals surface area contributed by atoms with Gasteiger partial charge in [0.15, 0.2) is 0 Å². The Bertz CT molecular complexity index is 802. The molecule has 2 atom stereocenters. The van der Waals surface area contributed by atoms with Gasteiger partial charge in [-0.3, -0.25) is 9.59 Å². The third kappa shape index (κ3) is 4.48. The van der Waals surface area contributed by atoms with E-state index in [0.29, 0.717) is 35.7 Å². The zero-order valence-electron chi connectivity index (χ0n) is 15.0. The van der Waals surface area contributed by atoms with Crippen LogP contribution in [0.15, 0.2) is 48.5 Å². The first-order valence-corrected chi connectivity index (χ1v) is 8.89. The molecule has 0 spiro atoms. The van der Waals surface area contributed by atoms with Gasteiger partial charge in [-0.1, -0.05) is 32.0 Å². The zero-order chi connectivity index (χ0) is 18.7. The minimum Gasteiger partial charge on any atom is -0.326 e. The molecule has 0 saturated heterocycles. The van der Waals surface area contributed by atoms with E-state index in [4.69, 9.17) is 0 Å². The van der Waals surface area contributed by atoms with Crippen LogP contribution in [-0.2, 0) is 9.59 Å². The molecule has 136 valence electrons. The third-order valence-corrected chi connectivity index (χ3v) is 4.46. The van der Waals surface area contributed by atoms with Gasteiger partial charge in [-0.2, -0.15) is 0 Å². The summed E-state index contributed by atoms with van der Waals surface area (Å²) in [7, 11) is 0. The van der Waals surface area contributed by atoms with Gasteiger partial charge >= 0.3 is 0 Å². The maximum atomic E-state index is 13.8. The van der Waals surface area contributed by atoms with Gasteiger partial charge in [0.05, 0.1) is 0 Å². The van der Waals surface area contributed by atoms with Crippen molar-refractivity contribution < 1.29 is 14.0 Å². The smallest absolute Gasteiger partial charge is 0.228 e. The van der Waals surface area contributed by atoms with Gasteiger partial charge in [-0.05, 0) is 54.2 Å². The third-order valence-electron chi connectivity index (χ3n) is 4.46. The first-order chi connectivity index (χ1) is 12.4. The van der Waals surface area contributed by atoms with Crippen molar-refractivity contribution in [3.05, 3.63) is 59.9 Å². The number of anilines is 2. The predicted molar refractivity (Wildman–Crippen MR) is 100 cm³/mol. The summed E-state index contributed by atoms with van der Waals surface area (Å²) in [5.41, 5.74) is 1.97. The van der Waals surface area contributed by atoms with Crippen molar-refractivity contribution >= 4 is 23.2 Å². The molecule has 2 aromatic rings. The van der Waals surface area contributed by atoms with Crippen molar-refractivity contribution in [3.63, 3.8) is 0 Å². The Morgan fingerprint density at radius 2 is 1.65 bits per heavy atom. The summed E-state index contributed by atoms with van der Waals surface area (Å²) in [5, 5.41) is 5.69. The monoisotopic (exact) mass is 354 g/mol. The highest BCUT2D eigenvalue weighted by molar-refractivity contribution is 5.96. The maximum absolute atomic E-state index is 13.8. The van der Waals surface area contributed by atoms with Gasteiger partial charge in [0, 0.05) is 23.7 Å². The number of rotatable bonds is 6. The molecule has 0 bridgehead atoms. The van der Waals surface area contributed by atoms with Crippen LogP contribution >= 0.6 is 0 Å². The standard InChI is InChI=1S/C21H23FN2O2/c1-13(2)11-20(25)23-14-7-9-15(10-8-14)24-21(26)18-12-17(18)16-5-3-4-6-19(16)22/h3-10,13,17-18H,11-12H2,1-2H3,(H,23,25)(H,24,26). The second kappa shape index (κ2) is 7.68. The molecule has 2 amide bonds. The first-order valence-electron chi connectivity index (χ1n) is 8.89. The maximum Gasteiger partial charge on any atom is 0.228 e. The Hall–Kier alpha value is -2.69. The second-order valence-corrected chi connectivity index (χ2v) is 7.18. The van der Waals surface area contributed by atoms with E-state index in [1.807, 2.05) is 13.8 Å². The minimum absolute atomic E-state index is 0.0255. The van der Waals surface area contributed by atoms with Crippen LogP contribution < -0.4 is 10.6 Å². The summed E-state index contributed by atoms with van der Waals surface area (Å²) in [6.07, 6.45) is 1.13. The lowest BCUT2D eigenvalue weighted by molar-refractivity contribution is -0.118. The van der Waals surface area contributed by atoms with Crippen molar-refractivity contribution in [1.29, 1.82) is 0 Å². The highest BCUT2D eigenvalue weighted by Crippen LogP contribution is 2.48. The van der Waals surface area contributed by atoms with Gasteiger partial charge < -0.3 is 10.6 Å². The molecule has 0 aromatic heterocycles. The molecule has 2 aromatic carbocycles. The van der Waals surface area contributed by atoms with Crippen molar-refractivity contribution in [1.82, 2.24) is 0 Å². The molecule has 0 radical (unpaired) electrons. The van der Waals surface area contributed by atoms with Gasteiger partial charge in [-0.25, -0.2) is 4.39 Å². The van der Waals surface area contributed by atoms with E-state index < -0.39 is 0 Å². The molecule has 1 saturated carbocycles. The molecule has 1 fully saturated rings. The van der Waals surface area contributed by atoms with Crippen LogP contribution in [0.2, 0.25) is 0 Å². The summed E-state index contributed by atoms with van der Waals surface area (Å²) in [6.45, 7) is 3.98. The van der Waals surface area contributed by atoms with Crippen LogP contribution in [0.3, 0.4) is 0 Å². The largest absolute Gasteiger partial charge is 0.326 e. The highest BCUT2D eigenvalue weighted by Gasteiger charge is 2.45. The molecule has 5 heteroatoms. The lowest BCUT2D eigenvalue weighted by Gasteiger charge is -2.09. The first kappa shape index (κ1) is 18.1. The lowest BCUT2D eigenvalue weighted by Crippen LogP contribution is -2.15. The number of amides is 2. The Labute approximate surface area is 152 Å². The van der Waals surface area contributed by atoms with Gasteiger partial charge in [0.1, 0.15) is 5.82 Å². The molecule has 0 aliphatic heterocycles. The normalized spacial score (nSPS) is 18.5. The molecule has 2 unspecified atom stereocenters. The van der Waals surface area contributed by atoms with Gasteiger partial charge in [0.2, 0.25) is 11.8 Å². The average molecular weight is 354 g/mol. The number of hydrogen-bond donors (Lipinski definition) is 2. The summed E-state index contributed by atoms with van der Waals surface area (Å²) < 4.78 is 13.8. The number of carbonyl (C=O) groups excluding carboxylic acids is 2. The second-order valence-electron chi connectivity index (χ2n) is 7.18. The van der Waals surface area contributed by atoms with Crippen LogP contribution in [0.5, 0.6) is 0 Å². The Kier molecular flexibility index (Phi) is 5.35. The summed E-state index contributed by atoms with van der Waals surface area (Å²) in [5.74, 6) is -0.329. The summed E-state index contributed by atoms with van der Waals surface area (Å²) >= 11 is 0. The molecule has 1 aliphatic rings. The van der Waals surface area contributed by atoms with Crippen molar-refractivity contribution in [2.45, 2.75) is 32.6 Å². The fourth-order valence-corrected chi connectivity index (χ4v) is 3.06. The lowest BCUT2D eigenvalue weighted by atomic mass is 10.1. The molecule has 3 rings (SSSR count).